The molecule has 0 bridgehead atoms. The third-order valence-corrected chi connectivity index (χ3v) is 4.00. The lowest BCUT2D eigenvalue weighted by Crippen LogP contribution is -2.07. The number of aromatic hydroxyl groups is 1. The van der Waals surface area contributed by atoms with E-state index in [-0.39, 0.29) is 11.7 Å². The summed E-state index contributed by atoms with van der Waals surface area (Å²) in [5.74, 6) is 1.01. The van der Waals surface area contributed by atoms with Crippen molar-refractivity contribution in [1.29, 1.82) is 0 Å². The highest BCUT2D eigenvalue weighted by Gasteiger charge is 2.21. The van der Waals surface area contributed by atoms with E-state index >= 15 is 0 Å². The van der Waals surface area contributed by atoms with Crippen LogP contribution in [-0.4, -0.2) is 25.9 Å². The molecular formula is C20H24O4. The lowest BCUT2D eigenvalue weighted by Gasteiger charge is -2.20. The Morgan fingerprint density at radius 2 is 1.88 bits per heavy atom. The highest BCUT2D eigenvalue weighted by atomic mass is 16.5. The summed E-state index contributed by atoms with van der Waals surface area (Å²) < 4.78 is 16.5. The maximum absolute atomic E-state index is 10.5. The molecule has 4 heteroatoms. The van der Waals surface area contributed by atoms with E-state index in [1.807, 2.05) is 43.3 Å². The van der Waals surface area contributed by atoms with Gasteiger partial charge in [-0.25, -0.2) is 0 Å². The van der Waals surface area contributed by atoms with E-state index in [0.29, 0.717) is 30.3 Å². The van der Waals surface area contributed by atoms with Gasteiger partial charge in [0.25, 0.3) is 0 Å². The zero-order valence-electron chi connectivity index (χ0n) is 14.4. The zero-order valence-corrected chi connectivity index (χ0v) is 14.4. The number of phenols is 1. The topological polar surface area (TPSA) is 47.9 Å². The fourth-order valence-corrected chi connectivity index (χ4v) is 2.65. The monoisotopic (exact) mass is 328 g/mol. The van der Waals surface area contributed by atoms with Gasteiger partial charge < -0.3 is 19.3 Å². The third-order valence-electron chi connectivity index (χ3n) is 4.00. The van der Waals surface area contributed by atoms with Crippen LogP contribution in [0.3, 0.4) is 0 Å². The van der Waals surface area contributed by atoms with Crippen LogP contribution in [0.15, 0.2) is 49.1 Å². The van der Waals surface area contributed by atoms with Gasteiger partial charge in [-0.2, -0.15) is 0 Å². The van der Waals surface area contributed by atoms with Crippen LogP contribution in [0.5, 0.6) is 17.2 Å². The summed E-state index contributed by atoms with van der Waals surface area (Å²) in [5, 5.41) is 10.5. The summed E-state index contributed by atoms with van der Waals surface area (Å²) in [5.41, 5.74) is 2.54. The first-order valence-electron chi connectivity index (χ1n) is 7.81. The first kappa shape index (κ1) is 17.9. The molecule has 0 fully saturated rings. The second-order valence-corrected chi connectivity index (χ2v) is 5.52. The van der Waals surface area contributed by atoms with E-state index in [2.05, 4.69) is 6.58 Å². The molecule has 2 aromatic rings. The van der Waals surface area contributed by atoms with Gasteiger partial charge in [0.15, 0.2) is 11.5 Å². The lowest BCUT2D eigenvalue weighted by atomic mass is 9.96. The van der Waals surface area contributed by atoms with Crippen molar-refractivity contribution in [1.82, 2.24) is 0 Å². The summed E-state index contributed by atoms with van der Waals surface area (Å²) in [4.78, 5) is 0. The van der Waals surface area contributed by atoms with Gasteiger partial charge in [-0.15, -0.1) is 6.58 Å². The van der Waals surface area contributed by atoms with Crippen molar-refractivity contribution in [2.75, 3.05) is 20.8 Å². The minimum absolute atomic E-state index is 0.101. The largest absolute Gasteiger partial charge is 0.504 e. The van der Waals surface area contributed by atoms with Gasteiger partial charge in [-0.05, 0) is 18.6 Å². The van der Waals surface area contributed by atoms with Gasteiger partial charge >= 0.3 is 0 Å². The summed E-state index contributed by atoms with van der Waals surface area (Å²) in [6.07, 6.45) is 1.76. The average Bonchev–Trinajstić information content (AvgIpc) is 2.61. The van der Waals surface area contributed by atoms with E-state index in [1.54, 1.807) is 13.2 Å². The molecule has 24 heavy (non-hydrogen) atoms. The maximum Gasteiger partial charge on any atom is 0.167 e. The number of hydrogen-bond donors (Lipinski definition) is 1. The number of methoxy groups -OCH3 is 2. The zero-order chi connectivity index (χ0) is 17.5. The Balaban J connectivity index is 2.19. The van der Waals surface area contributed by atoms with Crippen LogP contribution >= 0.6 is 0 Å². The van der Waals surface area contributed by atoms with Crippen molar-refractivity contribution in [2.45, 2.75) is 19.4 Å². The molecule has 128 valence electrons. The SMILES string of the molecule is C=CC(COCc1ccccc1)c1cc(OC)c(C)c(OC)c1O. The summed E-state index contributed by atoms with van der Waals surface area (Å²) in [7, 11) is 3.12. The van der Waals surface area contributed by atoms with Crippen molar-refractivity contribution >= 4 is 0 Å². The van der Waals surface area contributed by atoms with Gasteiger partial charge in [0.1, 0.15) is 5.75 Å². The van der Waals surface area contributed by atoms with E-state index in [9.17, 15) is 5.11 Å². The summed E-state index contributed by atoms with van der Waals surface area (Å²) in [6, 6.07) is 11.8. The van der Waals surface area contributed by atoms with Crippen LogP contribution < -0.4 is 9.47 Å². The molecule has 0 amide bonds. The van der Waals surface area contributed by atoms with Crippen molar-refractivity contribution in [3.8, 4) is 17.2 Å². The molecule has 0 spiro atoms. The number of benzene rings is 2. The maximum atomic E-state index is 10.5. The van der Waals surface area contributed by atoms with Crippen molar-refractivity contribution in [3.05, 3.63) is 65.7 Å². The molecule has 0 saturated heterocycles. The Bertz CT molecular complexity index is 680. The van der Waals surface area contributed by atoms with Crippen LogP contribution in [-0.2, 0) is 11.3 Å². The second kappa shape index (κ2) is 8.41. The molecule has 2 rings (SSSR count). The van der Waals surface area contributed by atoms with Crippen molar-refractivity contribution in [3.63, 3.8) is 0 Å². The Hall–Kier alpha value is -2.46. The Labute approximate surface area is 143 Å². The molecule has 0 aromatic heterocycles. The van der Waals surface area contributed by atoms with Crippen LogP contribution in [0.2, 0.25) is 0 Å². The Morgan fingerprint density at radius 3 is 2.46 bits per heavy atom. The highest BCUT2D eigenvalue weighted by Crippen LogP contribution is 2.42. The Morgan fingerprint density at radius 1 is 1.17 bits per heavy atom. The quantitative estimate of drug-likeness (QED) is 0.738. The van der Waals surface area contributed by atoms with Crippen LogP contribution in [0.1, 0.15) is 22.6 Å². The summed E-state index contributed by atoms with van der Waals surface area (Å²) in [6.45, 7) is 6.62. The molecule has 0 aliphatic rings. The number of rotatable bonds is 8. The minimum Gasteiger partial charge on any atom is -0.504 e. The summed E-state index contributed by atoms with van der Waals surface area (Å²) >= 11 is 0. The van der Waals surface area contributed by atoms with E-state index < -0.39 is 0 Å². The molecule has 0 heterocycles. The molecule has 2 aromatic carbocycles. The van der Waals surface area contributed by atoms with Gasteiger partial charge in [0, 0.05) is 17.0 Å². The highest BCUT2D eigenvalue weighted by molar-refractivity contribution is 5.58. The van der Waals surface area contributed by atoms with Crippen LogP contribution in [0, 0.1) is 6.92 Å². The molecule has 0 radical (unpaired) electrons. The molecule has 1 N–H and O–H groups in total. The average molecular weight is 328 g/mol. The standard InChI is InChI=1S/C20H24O4/c1-5-16(13-24-12-15-9-7-6-8-10-15)17-11-18(22-3)14(2)20(23-4)19(17)21/h5-11,16,21H,1,12-13H2,2-4H3. The van der Waals surface area contributed by atoms with Crippen LogP contribution in [0.25, 0.3) is 0 Å². The predicted octanol–water partition coefficient (Wildman–Crippen LogP) is 4.20. The van der Waals surface area contributed by atoms with Gasteiger partial charge in [-0.1, -0.05) is 36.4 Å². The minimum atomic E-state index is -0.169. The normalized spacial score (nSPS) is 11.8. The molecule has 0 aliphatic carbocycles. The van der Waals surface area contributed by atoms with Crippen molar-refractivity contribution < 1.29 is 19.3 Å². The Kier molecular flexibility index (Phi) is 6.27. The molecule has 1 atom stereocenters. The second-order valence-electron chi connectivity index (χ2n) is 5.52. The van der Waals surface area contributed by atoms with Gasteiger partial charge in [-0.3, -0.25) is 0 Å². The van der Waals surface area contributed by atoms with Gasteiger partial charge in [0.2, 0.25) is 0 Å². The first-order valence-corrected chi connectivity index (χ1v) is 7.81. The molecule has 0 aliphatic heterocycles. The molecule has 0 saturated carbocycles. The predicted molar refractivity (Wildman–Crippen MR) is 95.0 cm³/mol. The third kappa shape index (κ3) is 3.89. The number of hydrogen-bond acceptors (Lipinski definition) is 4. The number of ether oxygens (including phenoxy) is 3. The van der Waals surface area contributed by atoms with Crippen molar-refractivity contribution in [2.24, 2.45) is 0 Å². The fourth-order valence-electron chi connectivity index (χ4n) is 2.65. The fraction of sp³-hybridized carbons (Fsp3) is 0.300. The molecule has 1 unspecified atom stereocenters. The van der Waals surface area contributed by atoms with Gasteiger partial charge in [0.05, 0.1) is 27.4 Å². The molecule has 4 nitrogen and oxygen atoms in total. The lowest BCUT2D eigenvalue weighted by molar-refractivity contribution is 0.115. The van der Waals surface area contributed by atoms with E-state index in [1.165, 1.54) is 7.11 Å². The van der Waals surface area contributed by atoms with E-state index in [4.69, 9.17) is 14.2 Å². The van der Waals surface area contributed by atoms with Crippen LogP contribution in [0.4, 0.5) is 0 Å². The smallest absolute Gasteiger partial charge is 0.167 e. The first-order chi connectivity index (χ1) is 11.6. The number of phenolic OH excluding ortho intramolecular Hbond substituents is 1. The molecular weight excluding hydrogens is 304 g/mol. The van der Waals surface area contributed by atoms with E-state index in [0.717, 1.165) is 11.1 Å².